The van der Waals surface area contributed by atoms with Gasteiger partial charge in [-0.3, -0.25) is 4.79 Å². The van der Waals surface area contributed by atoms with Gasteiger partial charge in [-0.15, -0.1) is 0 Å². The van der Waals surface area contributed by atoms with E-state index in [9.17, 15) is 34.8 Å². The van der Waals surface area contributed by atoms with E-state index >= 15 is 0 Å². The van der Waals surface area contributed by atoms with Crippen LogP contribution < -0.4 is 5.32 Å². The fraction of sp³-hybridized carbons (Fsp3) is 0.350. The number of carbonyl (C=O) groups is 1. The Bertz CT molecular complexity index is 1800. The fourth-order valence-electron chi connectivity index (χ4n) is 4.01. The maximum Gasteiger partial charge on any atom is 0.417 e. The molecule has 1 amide bonds. The molecule has 0 saturated carbocycles. The van der Waals surface area contributed by atoms with Crippen molar-refractivity contribution < 1.29 is 34.8 Å². The van der Waals surface area contributed by atoms with E-state index in [1.165, 1.54) is 30.8 Å². The number of imidazole rings is 1. The summed E-state index contributed by atoms with van der Waals surface area (Å²) in [5.74, 6) is -1.59. The first-order valence-electron chi connectivity index (χ1n) is 10.7. The summed E-state index contributed by atoms with van der Waals surface area (Å²) in [5, 5.41) is 6.23. The number of rotatable bonds is 5. The number of hydrogen-bond acceptors (Lipinski definition) is 9. The third kappa shape index (κ3) is 4.20. The van der Waals surface area contributed by atoms with Gasteiger partial charge in [-0.25, -0.2) is 36.3 Å². The van der Waals surface area contributed by atoms with Crippen LogP contribution in [-0.4, -0.2) is 75.2 Å². The van der Waals surface area contributed by atoms with Gasteiger partial charge >= 0.3 is 6.18 Å². The summed E-state index contributed by atoms with van der Waals surface area (Å²) in [5.41, 5.74) is -1.42. The second kappa shape index (κ2) is 8.20. The van der Waals surface area contributed by atoms with Crippen LogP contribution in [0.1, 0.15) is 23.0 Å². The third-order valence-electron chi connectivity index (χ3n) is 5.90. The lowest BCUT2D eigenvalue weighted by atomic mass is 10.2. The van der Waals surface area contributed by atoms with Crippen LogP contribution in [0.4, 0.5) is 13.2 Å². The lowest BCUT2D eigenvalue weighted by molar-refractivity contribution is -0.137. The molecular formula is C20H18F3N7O5S2. The van der Waals surface area contributed by atoms with E-state index in [4.69, 9.17) is 0 Å². The Labute approximate surface area is 207 Å². The first-order valence-corrected chi connectivity index (χ1v) is 14.2. The highest BCUT2D eigenvalue weighted by molar-refractivity contribution is 7.93. The predicted octanol–water partition coefficient (Wildman–Crippen LogP) is 1.02. The number of aryl methyl sites for hydroxylation is 1. The molecule has 0 bridgehead atoms. The summed E-state index contributed by atoms with van der Waals surface area (Å²) in [6.07, 6.45) is -2.78. The molecule has 0 radical (unpaired) electrons. The molecule has 5 heterocycles. The van der Waals surface area contributed by atoms with Crippen LogP contribution in [0.15, 0.2) is 29.6 Å². The minimum Gasteiger partial charge on any atom is -0.346 e. The SMILES string of the molecule is CCS(=O)(=O)c1nn2c(C(=O)NC3CS(=O)(=O)C3)ccnc2c1-c1nc2cc(C(F)(F)F)cnc2n1C. The Kier molecular flexibility index (Phi) is 5.56. The number of carbonyl (C=O) groups excluding carboxylic acids is 1. The van der Waals surface area contributed by atoms with Crippen molar-refractivity contribution >= 4 is 42.4 Å². The van der Waals surface area contributed by atoms with Crippen molar-refractivity contribution in [3.63, 3.8) is 0 Å². The Morgan fingerprint density at radius 2 is 1.92 bits per heavy atom. The molecule has 0 atom stereocenters. The lowest BCUT2D eigenvalue weighted by Gasteiger charge is -2.26. The molecule has 1 fully saturated rings. The Hall–Kier alpha value is -3.60. The van der Waals surface area contributed by atoms with Gasteiger partial charge in [0.2, 0.25) is 0 Å². The topological polar surface area (TPSA) is 158 Å². The molecular weight excluding hydrogens is 539 g/mol. The van der Waals surface area contributed by atoms with Crippen LogP contribution in [0, 0.1) is 0 Å². The van der Waals surface area contributed by atoms with E-state index in [0.717, 1.165) is 10.6 Å². The number of nitrogens with zero attached hydrogens (tertiary/aromatic N) is 6. The van der Waals surface area contributed by atoms with E-state index in [0.29, 0.717) is 6.20 Å². The zero-order chi connectivity index (χ0) is 26.9. The summed E-state index contributed by atoms with van der Waals surface area (Å²) in [7, 11) is -5.80. The number of aromatic nitrogens is 6. The quantitative estimate of drug-likeness (QED) is 0.378. The van der Waals surface area contributed by atoms with Crippen LogP contribution >= 0.6 is 0 Å². The maximum absolute atomic E-state index is 13.2. The second-order valence-corrected chi connectivity index (χ2v) is 12.8. The highest BCUT2D eigenvalue weighted by Crippen LogP contribution is 2.35. The van der Waals surface area contributed by atoms with Crippen LogP contribution in [0.2, 0.25) is 0 Å². The lowest BCUT2D eigenvalue weighted by Crippen LogP contribution is -2.53. The van der Waals surface area contributed by atoms with Crippen molar-refractivity contribution in [3.05, 3.63) is 35.8 Å². The summed E-state index contributed by atoms with van der Waals surface area (Å²) >= 11 is 0. The molecule has 1 saturated heterocycles. The molecule has 4 aromatic heterocycles. The fourth-order valence-corrected chi connectivity index (χ4v) is 6.28. The average molecular weight is 558 g/mol. The van der Waals surface area contributed by atoms with Crippen LogP contribution in [0.25, 0.3) is 28.2 Å². The molecule has 0 spiro atoms. The van der Waals surface area contributed by atoms with E-state index in [2.05, 4.69) is 25.4 Å². The van der Waals surface area contributed by atoms with Crippen molar-refractivity contribution in [3.8, 4) is 11.4 Å². The molecule has 4 aromatic rings. The number of sulfone groups is 2. The molecule has 196 valence electrons. The Morgan fingerprint density at radius 1 is 1.22 bits per heavy atom. The first kappa shape index (κ1) is 25.1. The number of pyridine rings is 1. The van der Waals surface area contributed by atoms with Gasteiger partial charge < -0.3 is 9.88 Å². The highest BCUT2D eigenvalue weighted by atomic mass is 32.2. The summed E-state index contributed by atoms with van der Waals surface area (Å²) < 4.78 is 90.8. The maximum atomic E-state index is 13.2. The normalized spacial score (nSPS) is 16.2. The van der Waals surface area contributed by atoms with Crippen LogP contribution in [0.5, 0.6) is 0 Å². The Morgan fingerprint density at radius 3 is 2.54 bits per heavy atom. The standard InChI is InChI=1S/C20H18F3N7O5S2/c1-3-37(34,35)19-14(17-27-12-6-10(20(21,22)23)7-25-15(12)29(17)2)16-24-5-4-13(30(16)28-19)18(31)26-11-8-36(32,33)9-11/h4-7,11H,3,8-9H2,1-2H3,(H,26,31). The first-order chi connectivity index (χ1) is 17.2. The zero-order valence-electron chi connectivity index (χ0n) is 19.2. The average Bonchev–Trinajstić information content (AvgIpc) is 3.35. The van der Waals surface area contributed by atoms with E-state index in [-0.39, 0.29) is 51.2 Å². The van der Waals surface area contributed by atoms with E-state index < -0.39 is 48.4 Å². The minimum atomic E-state index is -4.66. The van der Waals surface area contributed by atoms with Gasteiger partial charge in [0.05, 0.1) is 28.9 Å². The smallest absolute Gasteiger partial charge is 0.346 e. The van der Waals surface area contributed by atoms with Gasteiger partial charge in [-0.05, 0) is 12.1 Å². The number of halogens is 3. The molecule has 1 aliphatic heterocycles. The van der Waals surface area contributed by atoms with Gasteiger partial charge in [0.25, 0.3) is 5.91 Å². The molecule has 0 aliphatic carbocycles. The van der Waals surface area contributed by atoms with Crippen molar-refractivity contribution in [2.24, 2.45) is 7.05 Å². The van der Waals surface area contributed by atoms with Gasteiger partial charge in [-0.2, -0.15) is 18.3 Å². The van der Waals surface area contributed by atoms with Crippen molar-refractivity contribution in [2.75, 3.05) is 17.3 Å². The van der Waals surface area contributed by atoms with Gasteiger partial charge in [0.1, 0.15) is 22.6 Å². The molecule has 1 N–H and O–H groups in total. The summed E-state index contributed by atoms with van der Waals surface area (Å²) in [4.78, 5) is 25.2. The van der Waals surface area contributed by atoms with Crippen LogP contribution in [0.3, 0.4) is 0 Å². The molecule has 17 heteroatoms. The second-order valence-electron chi connectivity index (χ2n) is 8.46. The number of fused-ring (bicyclic) bond motifs is 2. The highest BCUT2D eigenvalue weighted by Gasteiger charge is 2.36. The summed E-state index contributed by atoms with van der Waals surface area (Å²) in [6.45, 7) is 1.38. The van der Waals surface area contributed by atoms with Crippen molar-refractivity contribution in [1.29, 1.82) is 0 Å². The van der Waals surface area contributed by atoms with Crippen molar-refractivity contribution in [2.45, 2.75) is 24.2 Å². The predicted molar refractivity (Wildman–Crippen MR) is 123 cm³/mol. The van der Waals surface area contributed by atoms with Crippen LogP contribution in [-0.2, 0) is 32.9 Å². The van der Waals surface area contributed by atoms with Gasteiger partial charge in [0, 0.05) is 19.4 Å². The molecule has 5 rings (SSSR count). The molecule has 37 heavy (non-hydrogen) atoms. The zero-order valence-corrected chi connectivity index (χ0v) is 20.8. The van der Waals surface area contributed by atoms with E-state index in [1.54, 1.807) is 0 Å². The largest absolute Gasteiger partial charge is 0.417 e. The Balaban J connectivity index is 1.71. The molecule has 0 aromatic carbocycles. The molecule has 0 unspecified atom stereocenters. The van der Waals surface area contributed by atoms with Crippen molar-refractivity contribution in [1.82, 2.24) is 34.4 Å². The number of amides is 1. The van der Waals surface area contributed by atoms with Gasteiger partial charge in [0.15, 0.2) is 36.0 Å². The molecule has 12 nitrogen and oxygen atoms in total. The molecule has 1 aliphatic rings. The third-order valence-corrected chi connectivity index (χ3v) is 9.35. The van der Waals surface area contributed by atoms with E-state index in [1.807, 2.05) is 0 Å². The van der Waals surface area contributed by atoms with Gasteiger partial charge in [-0.1, -0.05) is 6.92 Å². The monoisotopic (exact) mass is 557 g/mol. The number of hydrogen-bond donors (Lipinski definition) is 1. The number of nitrogens with one attached hydrogen (secondary N) is 1. The number of alkyl halides is 3. The minimum absolute atomic E-state index is 0.0577. The summed E-state index contributed by atoms with van der Waals surface area (Å²) in [6, 6.07) is 1.47.